The lowest BCUT2D eigenvalue weighted by Crippen LogP contribution is -1.62. The van der Waals surface area contributed by atoms with E-state index in [1.54, 1.807) is 27.7 Å². The molecule has 0 aliphatic rings. The minimum absolute atomic E-state index is 0.353. The predicted molar refractivity (Wildman–Crippen MR) is 45.8 cm³/mol. The van der Waals surface area contributed by atoms with Gasteiger partial charge in [-0.3, -0.25) is 0 Å². The number of rotatable bonds is 3. The van der Waals surface area contributed by atoms with Crippen molar-refractivity contribution in [1.29, 1.82) is 0 Å². The Balaban J connectivity index is 3.03. The van der Waals surface area contributed by atoms with Crippen molar-refractivity contribution in [2.75, 3.05) is 12.0 Å². The van der Waals surface area contributed by atoms with E-state index in [9.17, 15) is 0 Å². The topological polar surface area (TPSA) is 0 Å². The van der Waals surface area contributed by atoms with Crippen LogP contribution in [0.1, 0.15) is 0 Å². The van der Waals surface area contributed by atoms with Gasteiger partial charge in [-0.2, -0.15) is 0 Å². The molecule has 8 heavy (non-hydrogen) atoms. The van der Waals surface area contributed by atoms with Crippen molar-refractivity contribution in [3.05, 3.63) is 10.6 Å². The second-order valence-corrected chi connectivity index (χ2v) is 4.56. The largest absolute Gasteiger partial charge is 0.103 e. The summed E-state index contributed by atoms with van der Waals surface area (Å²) in [6.07, 6.45) is 3.78. The highest BCUT2D eigenvalue weighted by atomic mass is 35.5. The monoisotopic (exact) mass is 188 g/mol. The molecule has 0 aliphatic heterocycles. The molecule has 0 fully saturated rings. The molecule has 0 saturated carbocycles. The van der Waals surface area contributed by atoms with Gasteiger partial charge in [0.15, 0.2) is 0 Å². The first-order valence-electron chi connectivity index (χ1n) is 1.94. The van der Waals surface area contributed by atoms with E-state index >= 15 is 0 Å². The molecule has 0 aromatic carbocycles. The Morgan fingerprint density at radius 3 is 2.62 bits per heavy atom. The van der Waals surface area contributed by atoms with E-state index < -0.39 is 0 Å². The predicted octanol–water partition coefficient (Wildman–Crippen LogP) is 3.32. The van der Waals surface area contributed by atoms with Gasteiger partial charge in [0.25, 0.3) is 0 Å². The van der Waals surface area contributed by atoms with E-state index in [0.29, 0.717) is 4.49 Å². The van der Waals surface area contributed by atoms with Crippen LogP contribution in [0.5, 0.6) is 0 Å². The van der Waals surface area contributed by atoms with Gasteiger partial charge in [-0.25, -0.2) is 0 Å². The van der Waals surface area contributed by atoms with Gasteiger partial charge in [-0.05, 0) is 12.3 Å². The summed E-state index contributed by atoms with van der Waals surface area (Å²) in [5.41, 5.74) is 0. The zero-order valence-electron chi connectivity index (χ0n) is 4.36. The Kier molecular flexibility index (Phi) is 6.93. The third-order valence-corrected chi connectivity index (χ3v) is 2.39. The van der Waals surface area contributed by atoms with Crippen LogP contribution in [0.15, 0.2) is 10.6 Å². The fourth-order valence-electron chi connectivity index (χ4n) is 0.165. The van der Waals surface area contributed by atoms with Crippen molar-refractivity contribution in [3.8, 4) is 0 Å². The van der Waals surface area contributed by atoms with E-state index in [2.05, 4.69) is 0 Å². The third kappa shape index (κ3) is 7.02. The quantitative estimate of drug-likeness (QED) is 0.493. The number of hydrogen-bond donors (Lipinski definition) is 0. The molecule has 0 unspecified atom stereocenters. The Morgan fingerprint density at radius 2 is 2.25 bits per heavy atom. The van der Waals surface area contributed by atoms with E-state index in [4.69, 9.17) is 23.2 Å². The SMILES string of the molecule is CSSCC=C(Cl)Cl. The first-order chi connectivity index (χ1) is 3.77. The molecule has 0 rings (SSSR count). The summed E-state index contributed by atoms with van der Waals surface area (Å²) >= 11 is 10.6. The summed E-state index contributed by atoms with van der Waals surface area (Å²) in [5.74, 6) is 0.878. The number of hydrogen-bond acceptors (Lipinski definition) is 2. The number of halogens is 2. The van der Waals surface area contributed by atoms with Gasteiger partial charge in [0.05, 0.1) is 0 Å². The average molecular weight is 189 g/mol. The second kappa shape index (κ2) is 6.14. The Hall–Kier alpha value is 1.02. The summed E-state index contributed by atoms with van der Waals surface area (Å²) in [4.78, 5) is 0. The fourth-order valence-corrected chi connectivity index (χ4v) is 1.49. The van der Waals surface area contributed by atoms with Gasteiger partial charge in [-0.15, -0.1) is 0 Å². The average Bonchev–Trinajstić information content (AvgIpc) is 1.66. The summed E-state index contributed by atoms with van der Waals surface area (Å²) in [7, 11) is 3.41. The molecular weight excluding hydrogens is 183 g/mol. The molecule has 4 heteroatoms. The molecule has 0 atom stereocenters. The molecule has 0 saturated heterocycles. The molecule has 0 heterocycles. The van der Waals surface area contributed by atoms with Gasteiger partial charge in [0.2, 0.25) is 0 Å². The maximum Gasteiger partial charge on any atom is 0.103 e. The van der Waals surface area contributed by atoms with Crippen LogP contribution < -0.4 is 0 Å². The zero-order valence-corrected chi connectivity index (χ0v) is 7.50. The van der Waals surface area contributed by atoms with E-state index in [1.807, 2.05) is 6.26 Å². The molecule has 0 spiro atoms. The molecule has 0 aromatic rings. The molecule has 0 bridgehead atoms. The standard InChI is InChI=1S/C4H6Cl2S2/c1-7-8-3-2-4(5)6/h2H,3H2,1H3. The smallest absolute Gasteiger partial charge is 0.0973 e. The lowest BCUT2D eigenvalue weighted by Gasteiger charge is -1.86. The first kappa shape index (κ1) is 9.02. The highest BCUT2D eigenvalue weighted by Gasteiger charge is 1.81. The third-order valence-electron chi connectivity index (χ3n) is 0.424. The van der Waals surface area contributed by atoms with Gasteiger partial charge in [0.1, 0.15) is 4.49 Å². The molecule has 0 aliphatic carbocycles. The van der Waals surface area contributed by atoms with E-state index in [-0.39, 0.29) is 0 Å². The lowest BCUT2D eigenvalue weighted by atomic mass is 10.8. The zero-order chi connectivity index (χ0) is 6.41. The van der Waals surface area contributed by atoms with Crippen LogP contribution >= 0.6 is 44.8 Å². The minimum atomic E-state index is 0.353. The molecule has 0 amide bonds. The van der Waals surface area contributed by atoms with Gasteiger partial charge in [-0.1, -0.05) is 44.8 Å². The Bertz CT molecular complexity index is 78.1. The summed E-state index contributed by atoms with van der Waals surface area (Å²) < 4.78 is 0.353. The molecule has 0 radical (unpaired) electrons. The molecule has 0 nitrogen and oxygen atoms in total. The van der Waals surface area contributed by atoms with Crippen molar-refractivity contribution in [2.24, 2.45) is 0 Å². The van der Waals surface area contributed by atoms with Crippen molar-refractivity contribution < 1.29 is 0 Å². The van der Waals surface area contributed by atoms with Crippen molar-refractivity contribution >= 4 is 44.8 Å². The lowest BCUT2D eigenvalue weighted by molar-refractivity contribution is 1.80. The van der Waals surface area contributed by atoms with E-state index in [1.165, 1.54) is 0 Å². The fraction of sp³-hybridized carbons (Fsp3) is 0.500. The van der Waals surface area contributed by atoms with E-state index in [0.717, 1.165) is 5.75 Å². The second-order valence-electron chi connectivity index (χ2n) is 0.945. The van der Waals surface area contributed by atoms with Crippen molar-refractivity contribution in [2.45, 2.75) is 0 Å². The normalized spacial score (nSPS) is 8.88. The molecular formula is C4H6Cl2S2. The maximum absolute atomic E-state index is 5.32. The van der Waals surface area contributed by atoms with Gasteiger partial charge < -0.3 is 0 Å². The van der Waals surface area contributed by atoms with Gasteiger partial charge >= 0.3 is 0 Å². The Labute approximate surface area is 67.4 Å². The Morgan fingerprint density at radius 1 is 1.62 bits per heavy atom. The van der Waals surface area contributed by atoms with Crippen LogP contribution in [0.4, 0.5) is 0 Å². The first-order valence-corrected chi connectivity index (χ1v) is 5.42. The van der Waals surface area contributed by atoms with Crippen LogP contribution in [-0.2, 0) is 0 Å². The minimum Gasteiger partial charge on any atom is -0.0973 e. The van der Waals surface area contributed by atoms with Gasteiger partial charge in [0, 0.05) is 5.75 Å². The van der Waals surface area contributed by atoms with Crippen LogP contribution in [0.25, 0.3) is 0 Å². The van der Waals surface area contributed by atoms with Crippen LogP contribution in [0.2, 0.25) is 0 Å². The van der Waals surface area contributed by atoms with Crippen molar-refractivity contribution in [1.82, 2.24) is 0 Å². The van der Waals surface area contributed by atoms with Crippen molar-refractivity contribution in [3.63, 3.8) is 0 Å². The van der Waals surface area contributed by atoms with Crippen LogP contribution in [0.3, 0.4) is 0 Å². The summed E-state index contributed by atoms with van der Waals surface area (Å²) in [6.45, 7) is 0. The molecule has 0 N–H and O–H groups in total. The molecule has 0 aromatic heterocycles. The molecule has 48 valence electrons. The highest BCUT2D eigenvalue weighted by Crippen LogP contribution is 2.18. The maximum atomic E-state index is 5.32. The van der Waals surface area contributed by atoms with Crippen LogP contribution in [-0.4, -0.2) is 12.0 Å². The summed E-state index contributed by atoms with van der Waals surface area (Å²) in [6, 6.07) is 0. The van der Waals surface area contributed by atoms with Crippen LogP contribution in [0, 0.1) is 0 Å². The highest BCUT2D eigenvalue weighted by molar-refractivity contribution is 8.76. The summed E-state index contributed by atoms with van der Waals surface area (Å²) in [5, 5.41) is 0.